The van der Waals surface area contributed by atoms with Gasteiger partial charge in [-0.2, -0.15) is 0 Å². The van der Waals surface area contributed by atoms with E-state index in [1.807, 2.05) is 25.1 Å². The summed E-state index contributed by atoms with van der Waals surface area (Å²) in [6, 6.07) is 10.5. The zero-order valence-corrected chi connectivity index (χ0v) is 17.4. The molecule has 0 saturated heterocycles. The molecule has 0 aliphatic rings. The SMILES string of the molecule is COc1ccc(NC(=O)C(=O)Nc2cc3cc(-c4cnccc4C)cc(N)c3cn2)cn1. The van der Waals surface area contributed by atoms with E-state index in [-0.39, 0.29) is 5.82 Å². The number of hydrogen-bond donors (Lipinski definition) is 3. The number of nitrogen functional groups attached to an aromatic ring is 1. The molecule has 4 N–H and O–H groups in total. The minimum Gasteiger partial charge on any atom is -0.481 e. The minimum absolute atomic E-state index is 0.227. The highest BCUT2D eigenvalue weighted by Crippen LogP contribution is 2.31. The minimum atomic E-state index is -0.861. The quantitative estimate of drug-likeness (QED) is 0.336. The number of hydrogen-bond acceptors (Lipinski definition) is 7. The predicted molar refractivity (Wildman–Crippen MR) is 122 cm³/mol. The third kappa shape index (κ3) is 4.31. The molecule has 9 heteroatoms. The molecule has 160 valence electrons. The van der Waals surface area contributed by atoms with Gasteiger partial charge in [-0.25, -0.2) is 9.97 Å². The predicted octanol–water partition coefficient (Wildman–Crippen LogP) is 3.17. The molecule has 0 saturated carbocycles. The molecule has 3 heterocycles. The van der Waals surface area contributed by atoms with E-state index in [2.05, 4.69) is 25.6 Å². The number of carbonyl (C=O) groups excluding carboxylic acids is 2. The first-order valence-electron chi connectivity index (χ1n) is 9.67. The molecule has 0 atom stereocenters. The van der Waals surface area contributed by atoms with Crippen molar-refractivity contribution in [3.63, 3.8) is 0 Å². The number of aryl methyl sites for hydroxylation is 1. The number of aromatic nitrogens is 3. The Morgan fingerprint density at radius 2 is 1.78 bits per heavy atom. The summed E-state index contributed by atoms with van der Waals surface area (Å²) in [6.45, 7) is 1.99. The second-order valence-electron chi connectivity index (χ2n) is 7.04. The Morgan fingerprint density at radius 1 is 0.969 bits per heavy atom. The van der Waals surface area contributed by atoms with Gasteiger partial charge in [0, 0.05) is 41.3 Å². The average Bonchev–Trinajstić information content (AvgIpc) is 2.79. The molecule has 0 bridgehead atoms. The maximum atomic E-state index is 12.3. The van der Waals surface area contributed by atoms with Crippen molar-refractivity contribution in [3.8, 4) is 17.0 Å². The van der Waals surface area contributed by atoms with E-state index in [4.69, 9.17) is 10.5 Å². The molecular weight excluding hydrogens is 408 g/mol. The van der Waals surface area contributed by atoms with Crippen molar-refractivity contribution >= 4 is 39.8 Å². The van der Waals surface area contributed by atoms with Gasteiger partial charge in [-0.1, -0.05) is 0 Å². The van der Waals surface area contributed by atoms with Crippen molar-refractivity contribution in [2.24, 2.45) is 0 Å². The largest absolute Gasteiger partial charge is 0.481 e. The third-order valence-corrected chi connectivity index (χ3v) is 4.87. The van der Waals surface area contributed by atoms with Crippen LogP contribution in [0, 0.1) is 6.92 Å². The Kier molecular flexibility index (Phi) is 5.63. The van der Waals surface area contributed by atoms with Gasteiger partial charge in [0.2, 0.25) is 5.88 Å². The molecule has 4 rings (SSSR count). The zero-order valence-electron chi connectivity index (χ0n) is 17.4. The number of nitrogens with zero attached hydrogens (tertiary/aromatic N) is 3. The first-order chi connectivity index (χ1) is 15.4. The average molecular weight is 428 g/mol. The number of amides is 2. The fourth-order valence-corrected chi connectivity index (χ4v) is 3.21. The van der Waals surface area contributed by atoms with Crippen LogP contribution in [0.25, 0.3) is 21.9 Å². The fourth-order valence-electron chi connectivity index (χ4n) is 3.21. The van der Waals surface area contributed by atoms with Gasteiger partial charge in [0.25, 0.3) is 0 Å². The summed E-state index contributed by atoms with van der Waals surface area (Å²) in [5.74, 6) is -1.09. The van der Waals surface area contributed by atoms with Crippen molar-refractivity contribution in [2.45, 2.75) is 6.92 Å². The van der Waals surface area contributed by atoms with Crippen LogP contribution in [0.15, 0.2) is 61.2 Å². The van der Waals surface area contributed by atoms with Crippen molar-refractivity contribution in [2.75, 3.05) is 23.5 Å². The van der Waals surface area contributed by atoms with Crippen LogP contribution in [0.3, 0.4) is 0 Å². The van der Waals surface area contributed by atoms with Crippen molar-refractivity contribution < 1.29 is 14.3 Å². The molecule has 0 radical (unpaired) electrons. The summed E-state index contributed by atoms with van der Waals surface area (Å²) < 4.78 is 4.96. The van der Waals surface area contributed by atoms with Gasteiger partial charge in [-0.15, -0.1) is 0 Å². The zero-order chi connectivity index (χ0) is 22.7. The van der Waals surface area contributed by atoms with Crippen LogP contribution in [-0.4, -0.2) is 33.9 Å². The molecule has 0 spiro atoms. The lowest BCUT2D eigenvalue weighted by atomic mass is 9.99. The number of methoxy groups -OCH3 is 1. The normalized spacial score (nSPS) is 10.6. The molecule has 4 aromatic rings. The molecule has 1 aromatic carbocycles. The summed E-state index contributed by atoms with van der Waals surface area (Å²) in [5.41, 5.74) is 10.1. The summed E-state index contributed by atoms with van der Waals surface area (Å²) in [4.78, 5) is 36.9. The molecule has 0 fully saturated rings. The van der Waals surface area contributed by atoms with Gasteiger partial charge >= 0.3 is 11.8 Å². The second-order valence-corrected chi connectivity index (χ2v) is 7.04. The van der Waals surface area contributed by atoms with Gasteiger partial charge in [0.15, 0.2) is 0 Å². The second kappa shape index (κ2) is 8.68. The maximum Gasteiger partial charge on any atom is 0.315 e. The summed E-state index contributed by atoms with van der Waals surface area (Å²) in [5, 5.41) is 6.49. The van der Waals surface area contributed by atoms with Crippen LogP contribution in [-0.2, 0) is 9.59 Å². The summed E-state index contributed by atoms with van der Waals surface area (Å²) >= 11 is 0. The molecule has 0 aliphatic heterocycles. The topological polar surface area (TPSA) is 132 Å². The van der Waals surface area contributed by atoms with Gasteiger partial charge in [-0.3, -0.25) is 14.6 Å². The first kappa shape index (κ1) is 20.7. The number of carbonyl (C=O) groups is 2. The lowest BCUT2D eigenvalue weighted by Gasteiger charge is -2.11. The Bertz CT molecular complexity index is 1320. The van der Waals surface area contributed by atoms with E-state index >= 15 is 0 Å². The Balaban J connectivity index is 1.55. The molecular formula is C23H20N6O3. The van der Waals surface area contributed by atoms with Crippen molar-refractivity contribution in [1.82, 2.24) is 15.0 Å². The highest BCUT2D eigenvalue weighted by Gasteiger charge is 2.16. The number of pyridine rings is 3. The Hall–Kier alpha value is -4.53. The highest BCUT2D eigenvalue weighted by atomic mass is 16.5. The lowest BCUT2D eigenvalue weighted by Crippen LogP contribution is -2.29. The van der Waals surface area contributed by atoms with Gasteiger partial charge in [0.1, 0.15) is 5.82 Å². The van der Waals surface area contributed by atoms with Crippen LogP contribution in [0.4, 0.5) is 17.2 Å². The van der Waals surface area contributed by atoms with Crippen LogP contribution in [0.1, 0.15) is 5.56 Å². The Morgan fingerprint density at radius 3 is 2.50 bits per heavy atom. The number of benzene rings is 1. The molecule has 9 nitrogen and oxygen atoms in total. The fraction of sp³-hybridized carbons (Fsp3) is 0.0870. The smallest absolute Gasteiger partial charge is 0.315 e. The van der Waals surface area contributed by atoms with E-state index < -0.39 is 11.8 Å². The van der Waals surface area contributed by atoms with E-state index in [0.717, 1.165) is 27.5 Å². The van der Waals surface area contributed by atoms with Crippen LogP contribution in [0.2, 0.25) is 0 Å². The van der Waals surface area contributed by atoms with Gasteiger partial charge < -0.3 is 21.1 Å². The van der Waals surface area contributed by atoms with Crippen molar-refractivity contribution in [1.29, 1.82) is 0 Å². The molecule has 0 unspecified atom stereocenters. The van der Waals surface area contributed by atoms with Crippen molar-refractivity contribution in [3.05, 3.63) is 66.7 Å². The highest BCUT2D eigenvalue weighted by molar-refractivity contribution is 6.43. The number of rotatable bonds is 4. The Labute approximate surface area is 183 Å². The lowest BCUT2D eigenvalue weighted by molar-refractivity contribution is -0.133. The van der Waals surface area contributed by atoms with Gasteiger partial charge in [-0.05, 0) is 53.8 Å². The van der Waals surface area contributed by atoms with Crippen LogP contribution >= 0.6 is 0 Å². The van der Waals surface area contributed by atoms with E-state index in [9.17, 15) is 9.59 Å². The number of anilines is 3. The van der Waals surface area contributed by atoms with E-state index in [1.54, 1.807) is 36.8 Å². The molecule has 32 heavy (non-hydrogen) atoms. The molecule has 3 aromatic heterocycles. The third-order valence-electron chi connectivity index (χ3n) is 4.87. The monoisotopic (exact) mass is 428 g/mol. The summed E-state index contributed by atoms with van der Waals surface area (Å²) in [7, 11) is 1.49. The maximum absolute atomic E-state index is 12.3. The number of nitrogens with one attached hydrogen (secondary N) is 2. The first-order valence-corrected chi connectivity index (χ1v) is 9.67. The van der Waals surface area contributed by atoms with E-state index in [0.29, 0.717) is 17.3 Å². The van der Waals surface area contributed by atoms with E-state index in [1.165, 1.54) is 13.3 Å². The number of nitrogens with two attached hydrogens (primary N) is 1. The summed E-state index contributed by atoms with van der Waals surface area (Å²) in [6.07, 6.45) is 6.46. The molecule has 0 aliphatic carbocycles. The number of fused-ring (bicyclic) bond motifs is 1. The number of ether oxygens (including phenoxy) is 1. The van der Waals surface area contributed by atoms with Crippen LogP contribution in [0.5, 0.6) is 5.88 Å². The standard InChI is InChI=1S/C23H20N6O3/c1-13-5-6-25-11-17(13)14-7-15-9-20(26-12-18(15)19(24)8-14)29-23(31)22(30)28-16-3-4-21(32-2)27-10-16/h3-12H,24H2,1-2H3,(H,28,30)(H,26,29,31). The van der Waals surface area contributed by atoms with Gasteiger partial charge in [0.05, 0.1) is 19.0 Å². The molecule has 2 amide bonds. The van der Waals surface area contributed by atoms with Crippen LogP contribution < -0.4 is 21.1 Å².